The molecule has 4 nitrogen and oxygen atoms in total. The molecule has 0 amide bonds. The summed E-state index contributed by atoms with van der Waals surface area (Å²) in [5.74, 6) is 1.34. The zero-order valence-corrected chi connectivity index (χ0v) is 13.4. The first-order valence-corrected chi connectivity index (χ1v) is 8.25. The predicted molar refractivity (Wildman–Crippen MR) is 93.1 cm³/mol. The van der Waals surface area contributed by atoms with Gasteiger partial charge in [-0.05, 0) is 56.1 Å². The quantitative estimate of drug-likeness (QED) is 0.774. The summed E-state index contributed by atoms with van der Waals surface area (Å²) in [4.78, 5) is 4.47. The Labute approximate surface area is 136 Å². The van der Waals surface area contributed by atoms with Gasteiger partial charge in [0.25, 0.3) is 0 Å². The van der Waals surface area contributed by atoms with Gasteiger partial charge in [0.2, 0.25) is 0 Å². The van der Waals surface area contributed by atoms with Crippen LogP contribution in [0.3, 0.4) is 0 Å². The van der Waals surface area contributed by atoms with Crippen LogP contribution in [-0.2, 0) is 0 Å². The smallest absolute Gasteiger partial charge is 0.157 e. The van der Waals surface area contributed by atoms with Gasteiger partial charge in [0, 0.05) is 17.8 Å². The number of nitrogen functional groups attached to an aromatic ring is 1. The Morgan fingerprint density at radius 1 is 1.13 bits per heavy atom. The van der Waals surface area contributed by atoms with E-state index in [0.717, 1.165) is 22.5 Å². The lowest BCUT2D eigenvalue weighted by Crippen LogP contribution is -2.05. The lowest BCUT2D eigenvalue weighted by Gasteiger charge is -2.22. The van der Waals surface area contributed by atoms with Crippen molar-refractivity contribution in [1.29, 1.82) is 0 Å². The van der Waals surface area contributed by atoms with Crippen molar-refractivity contribution < 1.29 is 0 Å². The van der Waals surface area contributed by atoms with Crippen LogP contribution >= 0.6 is 0 Å². The second kappa shape index (κ2) is 5.69. The fourth-order valence-corrected chi connectivity index (χ4v) is 3.48. The molecule has 1 aliphatic rings. The molecule has 4 rings (SSSR count). The van der Waals surface area contributed by atoms with E-state index in [4.69, 9.17) is 5.73 Å². The van der Waals surface area contributed by atoms with Crippen molar-refractivity contribution in [3.63, 3.8) is 0 Å². The molecule has 2 heterocycles. The van der Waals surface area contributed by atoms with E-state index < -0.39 is 0 Å². The average Bonchev–Trinajstić information content (AvgIpc) is 2.98. The second-order valence-electron chi connectivity index (χ2n) is 6.38. The Hall–Kier alpha value is -2.36. The van der Waals surface area contributed by atoms with E-state index in [0.29, 0.717) is 11.7 Å². The highest BCUT2D eigenvalue weighted by Gasteiger charge is 2.16. The first-order chi connectivity index (χ1) is 11.2. The van der Waals surface area contributed by atoms with E-state index in [2.05, 4.69) is 40.8 Å². The second-order valence-corrected chi connectivity index (χ2v) is 6.38. The Morgan fingerprint density at radius 3 is 2.61 bits per heavy atom. The third kappa shape index (κ3) is 2.58. The van der Waals surface area contributed by atoms with Crippen LogP contribution in [0, 0.1) is 13.3 Å². The standard InChI is InChI=1S/C19H21N4/c1-13-11-18-21-12-17(19(20)23(18)22-13)16-9-7-15(8-10-16)14-5-3-2-4-6-14/h2,7-12,14H,3-6,20H2,1H3. The minimum Gasteiger partial charge on any atom is -0.383 e. The van der Waals surface area contributed by atoms with E-state index >= 15 is 0 Å². The Bertz CT molecular complexity index is 826. The fourth-order valence-electron chi connectivity index (χ4n) is 3.48. The molecule has 1 saturated carbocycles. The summed E-state index contributed by atoms with van der Waals surface area (Å²) in [5, 5.41) is 4.42. The molecule has 1 aromatic carbocycles. The van der Waals surface area contributed by atoms with Gasteiger partial charge in [0.15, 0.2) is 5.65 Å². The van der Waals surface area contributed by atoms with Crippen LogP contribution in [0.25, 0.3) is 16.8 Å². The number of fused-ring (bicyclic) bond motifs is 1. The van der Waals surface area contributed by atoms with Gasteiger partial charge in [0.1, 0.15) is 5.82 Å². The fraction of sp³-hybridized carbons (Fsp3) is 0.316. The maximum atomic E-state index is 6.30. The van der Waals surface area contributed by atoms with Crippen molar-refractivity contribution in [1.82, 2.24) is 14.6 Å². The van der Waals surface area contributed by atoms with Crippen molar-refractivity contribution in [2.24, 2.45) is 0 Å². The molecular weight excluding hydrogens is 284 g/mol. The summed E-state index contributed by atoms with van der Waals surface area (Å²) in [6.45, 7) is 1.95. The lowest BCUT2D eigenvalue weighted by atomic mass is 9.84. The topological polar surface area (TPSA) is 56.2 Å². The number of nitrogens with two attached hydrogens (primary N) is 1. The molecule has 1 radical (unpaired) electrons. The maximum Gasteiger partial charge on any atom is 0.157 e. The predicted octanol–water partition coefficient (Wildman–Crippen LogP) is 4.15. The van der Waals surface area contributed by atoms with Gasteiger partial charge < -0.3 is 5.73 Å². The highest BCUT2D eigenvalue weighted by atomic mass is 15.3. The van der Waals surface area contributed by atoms with Crippen molar-refractivity contribution in [2.75, 3.05) is 5.73 Å². The van der Waals surface area contributed by atoms with Crippen molar-refractivity contribution in [3.8, 4) is 11.1 Å². The number of hydrogen-bond donors (Lipinski definition) is 1. The molecule has 117 valence electrons. The summed E-state index contributed by atoms with van der Waals surface area (Å²) in [7, 11) is 0. The first kappa shape index (κ1) is 14.2. The minimum atomic E-state index is 0.642. The zero-order valence-electron chi connectivity index (χ0n) is 13.4. The van der Waals surface area contributed by atoms with E-state index in [1.165, 1.54) is 31.2 Å². The number of aromatic nitrogens is 3. The molecule has 0 saturated heterocycles. The van der Waals surface area contributed by atoms with Gasteiger partial charge in [0.05, 0.1) is 5.69 Å². The summed E-state index contributed by atoms with van der Waals surface area (Å²) in [6.07, 6.45) is 9.25. The molecule has 0 atom stereocenters. The highest BCUT2D eigenvalue weighted by Crippen LogP contribution is 2.34. The van der Waals surface area contributed by atoms with Gasteiger partial charge >= 0.3 is 0 Å². The van der Waals surface area contributed by atoms with E-state index in [1.807, 2.05) is 19.2 Å². The number of anilines is 1. The number of rotatable bonds is 2. The number of benzene rings is 1. The molecule has 3 aromatic rings. The number of nitrogens with zero attached hydrogens (tertiary/aromatic N) is 3. The number of aryl methyl sites for hydroxylation is 1. The molecule has 0 unspecified atom stereocenters. The Morgan fingerprint density at radius 2 is 1.87 bits per heavy atom. The SMILES string of the molecule is Cc1cc2ncc(-c3ccc(C4CC[CH]CC4)cc3)c(N)n2n1. The monoisotopic (exact) mass is 305 g/mol. The zero-order chi connectivity index (χ0) is 15.8. The van der Waals surface area contributed by atoms with Crippen LogP contribution in [0.2, 0.25) is 0 Å². The van der Waals surface area contributed by atoms with Crippen LogP contribution < -0.4 is 5.73 Å². The Balaban J connectivity index is 1.68. The van der Waals surface area contributed by atoms with Gasteiger partial charge in [-0.2, -0.15) is 9.61 Å². The third-order valence-corrected chi connectivity index (χ3v) is 4.77. The molecule has 1 fully saturated rings. The summed E-state index contributed by atoms with van der Waals surface area (Å²) >= 11 is 0. The molecule has 0 aliphatic heterocycles. The van der Waals surface area contributed by atoms with E-state index in [-0.39, 0.29) is 0 Å². The van der Waals surface area contributed by atoms with Crippen LogP contribution in [0.5, 0.6) is 0 Å². The van der Waals surface area contributed by atoms with Gasteiger partial charge in [-0.1, -0.05) is 24.3 Å². The van der Waals surface area contributed by atoms with Crippen LogP contribution in [-0.4, -0.2) is 14.6 Å². The summed E-state index contributed by atoms with van der Waals surface area (Å²) in [5.41, 5.74) is 11.5. The number of hydrogen-bond acceptors (Lipinski definition) is 3. The molecule has 0 spiro atoms. The molecular formula is C19H21N4. The van der Waals surface area contributed by atoms with E-state index in [1.54, 1.807) is 4.52 Å². The van der Waals surface area contributed by atoms with Crippen LogP contribution in [0.1, 0.15) is 42.9 Å². The largest absolute Gasteiger partial charge is 0.383 e. The van der Waals surface area contributed by atoms with Crippen LogP contribution in [0.4, 0.5) is 5.82 Å². The van der Waals surface area contributed by atoms with Crippen molar-refractivity contribution >= 4 is 11.5 Å². The normalized spacial score (nSPS) is 16.0. The maximum absolute atomic E-state index is 6.30. The molecule has 2 aromatic heterocycles. The average molecular weight is 305 g/mol. The highest BCUT2D eigenvalue weighted by molar-refractivity contribution is 5.75. The Kier molecular flexibility index (Phi) is 3.52. The molecule has 1 aliphatic carbocycles. The van der Waals surface area contributed by atoms with Gasteiger partial charge in [-0.3, -0.25) is 0 Å². The van der Waals surface area contributed by atoms with Crippen molar-refractivity contribution in [2.45, 2.75) is 38.5 Å². The lowest BCUT2D eigenvalue weighted by molar-refractivity contribution is 0.512. The first-order valence-electron chi connectivity index (χ1n) is 8.25. The van der Waals surface area contributed by atoms with Gasteiger partial charge in [-0.25, -0.2) is 4.98 Å². The summed E-state index contributed by atoms with van der Waals surface area (Å²) in [6, 6.07) is 10.7. The van der Waals surface area contributed by atoms with Gasteiger partial charge in [-0.15, -0.1) is 0 Å². The molecule has 23 heavy (non-hydrogen) atoms. The van der Waals surface area contributed by atoms with Crippen molar-refractivity contribution in [3.05, 3.63) is 54.2 Å². The third-order valence-electron chi connectivity index (χ3n) is 4.77. The van der Waals surface area contributed by atoms with Crippen LogP contribution in [0.15, 0.2) is 36.5 Å². The molecule has 2 N–H and O–H groups in total. The molecule has 4 heteroatoms. The minimum absolute atomic E-state index is 0.642. The summed E-state index contributed by atoms with van der Waals surface area (Å²) < 4.78 is 1.72. The van der Waals surface area contributed by atoms with E-state index in [9.17, 15) is 0 Å². The molecule has 0 bridgehead atoms.